The van der Waals surface area contributed by atoms with Gasteiger partial charge in [-0.1, -0.05) is 25.1 Å². The van der Waals surface area contributed by atoms with Crippen LogP contribution in [0.5, 0.6) is 5.75 Å². The molecular formula is C20H24N2O4. The highest BCUT2D eigenvalue weighted by molar-refractivity contribution is 5.93. The van der Waals surface area contributed by atoms with Gasteiger partial charge in [-0.25, -0.2) is 4.79 Å². The Balaban J connectivity index is 1.82. The third-order valence-corrected chi connectivity index (χ3v) is 3.67. The van der Waals surface area contributed by atoms with Crippen molar-refractivity contribution in [3.05, 3.63) is 54.6 Å². The summed E-state index contributed by atoms with van der Waals surface area (Å²) in [6.07, 6.45) is -0.300. The molecule has 0 fully saturated rings. The maximum absolute atomic E-state index is 12.1. The van der Waals surface area contributed by atoms with Gasteiger partial charge in [0.15, 0.2) is 12.7 Å². The van der Waals surface area contributed by atoms with Crippen LogP contribution in [0.4, 0.5) is 11.4 Å². The molecule has 1 N–H and O–H groups in total. The predicted octanol–water partition coefficient (Wildman–Crippen LogP) is 3.09. The van der Waals surface area contributed by atoms with Gasteiger partial charge in [0.1, 0.15) is 5.75 Å². The van der Waals surface area contributed by atoms with E-state index >= 15 is 0 Å². The topological polar surface area (TPSA) is 67.9 Å². The highest BCUT2D eigenvalue weighted by atomic mass is 16.6. The average Bonchev–Trinajstić information content (AvgIpc) is 2.65. The van der Waals surface area contributed by atoms with Crippen molar-refractivity contribution in [1.82, 2.24) is 0 Å². The van der Waals surface area contributed by atoms with Gasteiger partial charge in [0.05, 0.1) is 0 Å². The average molecular weight is 356 g/mol. The summed E-state index contributed by atoms with van der Waals surface area (Å²) in [5.74, 6) is -0.373. The molecule has 0 unspecified atom stereocenters. The summed E-state index contributed by atoms with van der Waals surface area (Å²) in [7, 11) is 3.88. The van der Waals surface area contributed by atoms with Crippen LogP contribution >= 0.6 is 0 Å². The van der Waals surface area contributed by atoms with Crippen LogP contribution in [-0.2, 0) is 14.3 Å². The Morgan fingerprint density at radius 1 is 1.04 bits per heavy atom. The van der Waals surface area contributed by atoms with Crippen LogP contribution in [0.1, 0.15) is 13.3 Å². The second-order valence-corrected chi connectivity index (χ2v) is 5.92. The first-order chi connectivity index (χ1) is 12.5. The molecule has 0 aliphatic heterocycles. The minimum atomic E-state index is -0.746. The Hall–Kier alpha value is -3.02. The molecule has 0 bridgehead atoms. The third-order valence-electron chi connectivity index (χ3n) is 3.67. The molecular weight excluding hydrogens is 332 g/mol. The second-order valence-electron chi connectivity index (χ2n) is 5.92. The maximum atomic E-state index is 12.1. The standard InChI is InChI=1S/C20H24N2O4/c1-4-18(26-17-8-6-5-7-9-17)20(24)25-14-19(23)21-15-10-12-16(13-11-15)22(2)3/h5-13,18H,4,14H2,1-3H3,(H,21,23)/t18-/m0/s1. The van der Waals surface area contributed by atoms with Gasteiger partial charge in [-0.2, -0.15) is 0 Å². The summed E-state index contributed by atoms with van der Waals surface area (Å²) in [6, 6.07) is 16.4. The van der Waals surface area contributed by atoms with E-state index in [1.165, 1.54) is 0 Å². The van der Waals surface area contributed by atoms with Crippen molar-refractivity contribution in [2.45, 2.75) is 19.4 Å². The van der Waals surface area contributed by atoms with Crippen molar-refractivity contribution in [2.75, 3.05) is 30.9 Å². The normalized spacial score (nSPS) is 11.3. The molecule has 1 atom stereocenters. The molecule has 0 aliphatic carbocycles. The van der Waals surface area contributed by atoms with Gasteiger partial charge in [0, 0.05) is 25.5 Å². The Labute approximate surface area is 153 Å². The molecule has 0 aromatic heterocycles. The molecule has 6 nitrogen and oxygen atoms in total. The number of nitrogens with one attached hydrogen (secondary N) is 1. The van der Waals surface area contributed by atoms with Crippen LogP contribution in [0.15, 0.2) is 54.6 Å². The van der Waals surface area contributed by atoms with Crippen LogP contribution < -0.4 is 15.0 Å². The molecule has 0 spiro atoms. The van der Waals surface area contributed by atoms with Crippen molar-refractivity contribution >= 4 is 23.3 Å². The zero-order chi connectivity index (χ0) is 18.9. The zero-order valence-corrected chi connectivity index (χ0v) is 15.3. The molecule has 1 amide bonds. The Kier molecular flexibility index (Phi) is 7.02. The first-order valence-electron chi connectivity index (χ1n) is 8.45. The molecule has 0 heterocycles. The fourth-order valence-electron chi connectivity index (χ4n) is 2.23. The minimum Gasteiger partial charge on any atom is -0.479 e. The predicted molar refractivity (Wildman–Crippen MR) is 102 cm³/mol. The van der Waals surface area contributed by atoms with Crippen molar-refractivity contribution in [1.29, 1.82) is 0 Å². The number of rotatable bonds is 8. The summed E-state index contributed by atoms with van der Waals surface area (Å²) in [5, 5.41) is 2.69. The lowest BCUT2D eigenvalue weighted by atomic mass is 10.2. The third kappa shape index (κ3) is 5.81. The van der Waals surface area contributed by atoms with E-state index in [-0.39, 0.29) is 6.61 Å². The molecule has 0 aliphatic rings. The summed E-state index contributed by atoms with van der Waals surface area (Å²) in [4.78, 5) is 26.1. The fourth-order valence-corrected chi connectivity index (χ4v) is 2.23. The summed E-state index contributed by atoms with van der Waals surface area (Å²) in [6.45, 7) is 1.46. The first kappa shape index (κ1) is 19.3. The van der Waals surface area contributed by atoms with E-state index in [9.17, 15) is 9.59 Å². The Morgan fingerprint density at radius 2 is 1.69 bits per heavy atom. The van der Waals surface area contributed by atoms with Gasteiger partial charge >= 0.3 is 5.97 Å². The van der Waals surface area contributed by atoms with E-state index in [0.717, 1.165) is 5.69 Å². The summed E-state index contributed by atoms with van der Waals surface area (Å²) < 4.78 is 10.7. The smallest absolute Gasteiger partial charge is 0.347 e. The van der Waals surface area contributed by atoms with Gasteiger partial charge in [-0.05, 0) is 42.8 Å². The van der Waals surface area contributed by atoms with Crippen LogP contribution in [0.2, 0.25) is 0 Å². The number of amides is 1. The number of hydrogen-bond acceptors (Lipinski definition) is 5. The molecule has 0 saturated carbocycles. The van der Waals surface area contributed by atoms with Gasteiger partial charge in [-0.3, -0.25) is 4.79 Å². The van der Waals surface area contributed by atoms with Gasteiger partial charge in [0.25, 0.3) is 5.91 Å². The monoisotopic (exact) mass is 356 g/mol. The molecule has 2 aromatic rings. The maximum Gasteiger partial charge on any atom is 0.347 e. The molecule has 2 rings (SSSR count). The highest BCUT2D eigenvalue weighted by Gasteiger charge is 2.21. The number of nitrogens with zero attached hydrogens (tertiary/aromatic N) is 1. The van der Waals surface area contributed by atoms with Gasteiger partial charge in [-0.15, -0.1) is 0 Å². The number of hydrogen-bond donors (Lipinski definition) is 1. The lowest BCUT2D eigenvalue weighted by Crippen LogP contribution is -2.31. The molecule has 138 valence electrons. The van der Waals surface area contributed by atoms with Crippen molar-refractivity contribution in [3.8, 4) is 5.75 Å². The van der Waals surface area contributed by atoms with Crippen molar-refractivity contribution in [3.63, 3.8) is 0 Å². The Morgan fingerprint density at radius 3 is 2.27 bits per heavy atom. The van der Waals surface area contributed by atoms with Crippen molar-refractivity contribution < 1.29 is 19.1 Å². The number of esters is 1. The first-order valence-corrected chi connectivity index (χ1v) is 8.45. The minimum absolute atomic E-state index is 0.358. The van der Waals surface area contributed by atoms with Crippen LogP contribution in [0, 0.1) is 0 Å². The fraction of sp³-hybridized carbons (Fsp3) is 0.300. The van der Waals surface area contributed by atoms with Gasteiger partial charge in [0.2, 0.25) is 0 Å². The molecule has 2 aromatic carbocycles. The number of carbonyl (C=O) groups excluding carboxylic acids is 2. The van der Waals surface area contributed by atoms with Crippen LogP contribution in [0.3, 0.4) is 0 Å². The number of anilines is 2. The number of ether oxygens (including phenoxy) is 2. The lowest BCUT2D eigenvalue weighted by molar-refractivity contribution is -0.154. The molecule has 0 saturated heterocycles. The van der Waals surface area contributed by atoms with Crippen molar-refractivity contribution in [2.24, 2.45) is 0 Å². The van der Waals surface area contributed by atoms with E-state index in [4.69, 9.17) is 9.47 Å². The molecule has 26 heavy (non-hydrogen) atoms. The number of para-hydroxylation sites is 1. The zero-order valence-electron chi connectivity index (χ0n) is 15.3. The number of benzene rings is 2. The summed E-state index contributed by atoms with van der Waals surface area (Å²) >= 11 is 0. The Bertz CT molecular complexity index is 714. The lowest BCUT2D eigenvalue weighted by Gasteiger charge is -2.16. The quantitative estimate of drug-likeness (QED) is 0.736. The largest absolute Gasteiger partial charge is 0.479 e. The van der Waals surface area contributed by atoms with E-state index in [0.29, 0.717) is 17.9 Å². The second kappa shape index (κ2) is 9.46. The SMILES string of the molecule is CC[C@H](Oc1ccccc1)C(=O)OCC(=O)Nc1ccc(N(C)C)cc1. The van der Waals surface area contributed by atoms with Crippen LogP contribution in [0.25, 0.3) is 0 Å². The van der Waals surface area contributed by atoms with E-state index in [1.807, 2.05) is 56.3 Å². The summed E-state index contributed by atoms with van der Waals surface area (Å²) in [5.41, 5.74) is 1.67. The van der Waals surface area contributed by atoms with Crippen LogP contribution in [-0.4, -0.2) is 38.7 Å². The van der Waals surface area contributed by atoms with E-state index in [2.05, 4.69) is 5.32 Å². The number of carbonyl (C=O) groups is 2. The molecule has 6 heteroatoms. The van der Waals surface area contributed by atoms with E-state index in [1.54, 1.807) is 24.3 Å². The highest BCUT2D eigenvalue weighted by Crippen LogP contribution is 2.16. The van der Waals surface area contributed by atoms with Gasteiger partial charge < -0.3 is 19.7 Å². The molecule has 0 radical (unpaired) electrons. The van der Waals surface area contributed by atoms with E-state index < -0.39 is 18.0 Å².